The zero-order chi connectivity index (χ0) is 31.3. The van der Waals surface area contributed by atoms with Gasteiger partial charge in [0.25, 0.3) is 5.56 Å². The molecule has 2 aliphatic heterocycles. The molecule has 0 saturated carbocycles. The molecule has 0 amide bonds. The van der Waals surface area contributed by atoms with Crippen molar-refractivity contribution < 1.29 is 44.3 Å². The van der Waals surface area contributed by atoms with E-state index in [2.05, 4.69) is 10.1 Å². The van der Waals surface area contributed by atoms with Gasteiger partial charge >= 0.3 is 5.97 Å². The lowest BCUT2D eigenvalue weighted by atomic mass is 9.91. The molecule has 5 rings (SSSR count). The van der Waals surface area contributed by atoms with E-state index in [0.717, 1.165) is 92.9 Å². The largest absolute Gasteiger partial charge is 0.479 e. The van der Waals surface area contributed by atoms with Crippen molar-refractivity contribution >= 4 is 16.9 Å². The van der Waals surface area contributed by atoms with Gasteiger partial charge in [0.1, 0.15) is 30.0 Å². The van der Waals surface area contributed by atoms with Crippen molar-refractivity contribution in [2.24, 2.45) is 0 Å². The first-order valence-electron chi connectivity index (χ1n) is 14.4. The fourth-order valence-corrected chi connectivity index (χ4v) is 5.61. The number of halogens is 1. The third-order valence-electron chi connectivity index (χ3n) is 8.20. The van der Waals surface area contributed by atoms with E-state index in [4.69, 9.17) is 40.1 Å². The number of hydrogen-bond acceptors (Lipinski definition) is 11. The van der Waals surface area contributed by atoms with Gasteiger partial charge in [0.15, 0.2) is 11.7 Å². The molecule has 43 heavy (non-hydrogen) atoms. The summed E-state index contributed by atoms with van der Waals surface area (Å²) in [6.45, 7) is 4.71. The Labute approximate surface area is 246 Å². The Morgan fingerprint density at radius 3 is 2.51 bits per heavy atom. The van der Waals surface area contributed by atoms with Crippen LogP contribution in [-0.2, 0) is 24.2 Å². The highest BCUT2D eigenvalue weighted by atomic mass is 19.1. The first kappa shape index (κ1) is 32.6. The molecular weight excluding hydrogens is 567 g/mol. The molecule has 4 heterocycles. The molecule has 3 aromatic rings. The van der Waals surface area contributed by atoms with Gasteiger partial charge in [-0.25, -0.2) is 14.2 Å². The highest BCUT2D eigenvalue weighted by Gasteiger charge is 2.34. The lowest BCUT2D eigenvalue weighted by molar-refractivity contribution is -0.164. The van der Waals surface area contributed by atoms with E-state index in [1.807, 2.05) is 11.5 Å². The molecule has 0 bridgehead atoms. The molecule has 0 radical (unpaired) electrons. The van der Waals surface area contributed by atoms with E-state index in [9.17, 15) is 14.0 Å². The predicted octanol–water partition coefficient (Wildman–Crippen LogP) is 0.0973. The van der Waals surface area contributed by atoms with Crippen molar-refractivity contribution in [1.82, 2.24) is 19.6 Å². The smallest absolute Gasteiger partial charge is 0.335 e. The summed E-state index contributed by atoms with van der Waals surface area (Å²) >= 11 is 0. The Hall–Kier alpha value is -3.27. The van der Waals surface area contributed by atoms with E-state index in [1.54, 1.807) is 6.07 Å². The van der Waals surface area contributed by atoms with Crippen molar-refractivity contribution in [3.8, 4) is 0 Å². The lowest BCUT2D eigenvalue weighted by Gasteiger charge is -2.31. The summed E-state index contributed by atoms with van der Waals surface area (Å²) < 4.78 is 20.6. The van der Waals surface area contributed by atoms with Crippen LogP contribution in [-0.4, -0.2) is 107 Å². The highest BCUT2D eigenvalue weighted by Crippen LogP contribution is 2.32. The number of carbonyl (C=O) groups is 1. The minimum Gasteiger partial charge on any atom is -0.479 e. The van der Waals surface area contributed by atoms with Gasteiger partial charge in [0.05, 0.1) is 12.3 Å². The van der Waals surface area contributed by atoms with Crippen LogP contribution < -0.4 is 5.56 Å². The topological polar surface area (TPSA) is 203 Å². The van der Waals surface area contributed by atoms with Crippen molar-refractivity contribution in [3.63, 3.8) is 0 Å². The second kappa shape index (κ2) is 14.5. The molecule has 6 N–H and O–H groups in total. The number of carboxylic acids is 1. The van der Waals surface area contributed by atoms with Gasteiger partial charge in [-0.3, -0.25) is 9.36 Å². The molecule has 2 aromatic heterocycles. The van der Waals surface area contributed by atoms with Crippen molar-refractivity contribution in [1.29, 1.82) is 0 Å². The number of rotatable bonds is 9. The molecule has 1 saturated heterocycles. The molecular formula is C29H39FN4O9. The highest BCUT2D eigenvalue weighted by molar-refractivity contribution is 5.79. The number of fused-ring (bicyclic) bond motifs is 2. The number of hydrogen-bond donors (Lipinski definition) is 6. The van der Waals surface area contributed by atoms with Gasteiger partial charge < -0.3 is 40.1 Å². The Morgan fingerprint density at radius 1 is 1.12 bits per heavy atom. The van der Waals surface area contributed by atoms with Crippen molar-refractivity contribution in [3.05, 3.63) is 57.1 Å². The van der Waals surface area contributed by atoms with Crippen LogP contribution >= 0.6 is 0 Å². The molecule has 0 aliphatic carbocycles. The van der Waals surface area contributed by atoms with E-state index in [1.165, 1.54) is 12.1 Å². The van der Waals surface area contributed by atoms with Gasteiger partial charge in [-0.1, -0.05) is 5.16 Å². The number of aryl methyl sites for hydroxylation is 2. The second-order valence-electron chi connectivity index (χ2n) is 11.1. The van der Waals surface area contributed by atoms with Crippen molar-refractivity contribution in [2.45, 2.75) is 82.3 Å². The third kappa shape index (κ3) is 7.63. The van der Waals surface area contributed by atoms with Gasteiger partial charge in [-0.05, 0) is 64.3 Å². The number of nitrogens with zero attached hydrogens (tertiary/aromatic N) is 4. The molecule has 1 aromatic carbocycles. The van der Waals surface area contributed by atoms with Gasteiger partial charge in [-0.15, -0.1) is 0 Å². The molecule has 0 unspecified atom stereocenters. The first-order chi connectivity index (χ1) is 20.5. The third-order valence-corrected chi connectivity index (χ3v) is 8.20. The minimum absolute atomic E-state index is 0.161. The summed E-state index contributed by atoms with van der Waals surface area (Å²) in [4.78, 5) is 30.1. The monoisotopic (exact) mass is 606 g/mol. The first-order valence-corrected chi connectivity index (χ1v) is 14.4. The molecule has 0 spiro atoms. The second-order valence-corrected chi connectivity index (χ2v) is 11.1. The zero-order valence-electron chi connectivity index (χ0n) is 24.0. The van der Waals surface area contributed by atoms with Crippen LogP contribution in [0, 0.1) is 12.7 Å². The summed E-state index contributed by atoms with van der Waals surface area (Å²) in [6, 6.07) is 4.63. The quantitative estimate of drug-likeness (QED) is 0.192. The van der Waals surface area contributed by atoms with Crippen LogP contribution in [0.15, 0.2) is 27.5 Å². The molecule has 13 nitrogen and oxygen atoms in total. The van der Waals surface area contributed by atoms with Crippen LogP contribution in [0.25, 0.3) is 11.0 Å². The Balaban J connectivity index is 0.000000277. The molecule has 2 aliphatic rings. The number of piperidine rings is 1. The number of aliphatic hydroxyl groups is 5. The van der Waals surface area contributed by atoms with Crippen LogP contribution in [0.4, 0.5) is 4.39 Å². The molecule has 4 atom stereocenters. The van der Waals surface area contributed by atoms with E-state index < -0.39 is 37.0 Å². The zero-order valence-corrected chi connectivity index (χ0v) is 24.0. The van der Waals surface area contributed by atoms with Gasteiger partial charge in [-0.2, -0.15) is 0 Å². The van der Waals surface area contributed by atoms with Crippen LogP contribution in [0.3, 0.4) is 0 Å². The van der Waals surface area contributed by atoms with E-state index >= 15 is 0 Å². The number of carboxylic acid groups (broad SMARTS) is 1. The van der Waals surface area contributed by atoms with E-state index in [-0.39, 0.29) is 11.4 Å². The predicted molar refractivity (Wildman–Crippen MR) is 151 cm³/mol. The maximum Gasteiger partial charge on any atom is 0.335 e. The summed E-state index contributed by atoms with van der Waals surface area (Å²) in [5, 5.41) is 57.0. The number of likely N-dealkylation sites (tertiary alicyclic amines) is 1. The van der Waals surface area contributed by atoms with Gasteiger partial charge in [0.2, 0.25) is 0 Å². The number of benzene rings is 1. The Morgan fingerprint density at radius 2 is 1.84 bits per heavy atom. The molecule has 236 valence electrons. The van der Waals surface area contributed by atoms with Crippen LogP contribution in [0.1, 0.15) is 54.4 Å². The molecule has 1 fully saturated rings. The van der Waals surface area contributed by atoms with Crippen LogP contribution in [0.5, 0.6) is 0 Å². The summed E-state index contributed by atoms with van der Waals surface area (Å²) in [7, 11) is 0. The van der Waals surface area contributed by atoms with Crippen molar-refractivity contribution in [2.75, 3.05) is 26.2 Å². The number of aliphatic hydroxyl groups excluding tert-OH is 5. The SMILES string of the molecule is Cc1nc2n(c(=O)c1CCN1CCC(c3noc4cc(F)ccc34)CC1)CCCC2.O=C(O)[C@H](O)[C@H](O)[C@H](O)[C@@H](O)CO. The average molecular weight is 607 g/mol. The fraction of sp³-hybridized carbons (Fsp3) is 0.586. The average Bonchev–Trinajstić information content (AvgIpc) is 3.43. The lowest BCUT2D eigenvalue weighted by Crippen LogP contribution is -2.48. The summed E-state index contributed by atoms with van der Waals surface area (Å²) in [5.74, 6) is -0.752. The standard InChI is InChI=1S/C23H27FN4O2.C6H12O7/c1-15-18(23(29)28-10-3-2-4-21(28)25-15)9-13-27-11-7-16(8-12-27)22-19-6-5-17(24)14-20(19)30-26-22;7-1-2(8)3(9)4(10)5(11)6(12)13/h5-6,14,16H,2-4,7-13H2,1H3;2-5,7-11H,1H2,(H,12,13)/t;2-,3+,4+,5+/m.0/s1. The summed E-state index contributed by atoms with van der Waals surface area (Å²) in [5.41, 5.74) is 3.38. The maximum absolute atomic E-state index is 13.4. The maximum atomic E-state index is 13.4. The molecule has 14 heteroatoms. The van der Waals surface area contributed by atoms with Crippen LogP contribution in [0.2, 0.25) is 0 Å². The van der Waals surface area contributed by atoms with Gasteiger partial charge in [0, 0.05) is 48.1 Å². The summed E-state index contributed by atoms with van der Waals surface area (Å²) in [6.07, 6.45) is -2.03. The van der Waals surface area contributed by atoms with E-state index in [0.29, 0.717) is 11.5 Å². The number of aliphatic carboxylic acids is 1. The number of aromatic nitrogens is 3. The Kier molecular flexibility index (Phi) is 11.0. The Bertz CT molecular complexity index is 1450. The minimum atomic E-state index is -2.20. The fourth-order valence-electron chi connectivity index (χ4n) is 5.61. The normalized spacial score (nSPS) is 18.8.